The van der Waals surface area contributed by atoms with Gasteiger partial charge >= 0.3 is 0 Å². The third kappa shape index (κ3) is 2.69. The van der Waals surface area contributed by atoms with E-state index in [0.717, 1.165) is 18.1 Å². The van der Waals surface area contributed by atoms with E-state index in [1.165, 1.54) is 10.6 Å². The Labute approximate surface area is 124 Å². The molecule has 3 rings (SSSR count). The van der Waals surface area contributed by atoms with Crippen LogP contribution in [0.1, 0.15) is 32.3 Å². The molecule has 110 valence electrons. The van der Waals surface area contributed by atoms with Crippen LogP contribution in [-0.2, 0) is 0 Å². The van der Waals surface area contributed by atoms with Crippen LogP contribution < -0.4 is 5.32 Å². The van der Waals surface area contributed by atoms with E-state index in [0.29, 0.717) is 5.70 Å². The molecule has 1 unspecified atom stereocenters. The quantitative estimate of drug-likeness (QED) is 0.821. The number of hydroxylamine groups is 2. The molecule has 2 N–H and O–H groups in total. The van der Waals surface area contributed by atoms with Gasteiger partial charge in [-0.25, -0.2) is 9.98 Å². The molecule has 0 aromatic heterocycles. The van der Waals surface area contributed by atoms with Gasteiger partial charge in [0.15, 0.2) is 0 Å². The minimum absolute atomic E-state index is 0.171. The Morgan fingerprint density at radius 2 is 2.10 bits per heavy atom. The Hall–Kier alpha value is -2.14. The Bertz CT molecular complexity index is 640. The van der Waals surface area contributed by atoms with E-state index in [4.69, 9.17) is 0 Å². The lowest BCUT2D eigenvalue weighted by atomic mass is 10.0. The van der Waals surface area contributed by atoms with E-state index in [2.05, 4.69) is 27.4 Å². The topological polar surface area (TPSA) is 60.2 Å². The van der Waals surface area contributed by atoms with Gasteiger partial charge in [-0.05, 0) is 32.4 Å². The highest BCUT2D eigenvalue weighted by Gasteiger charge is 2.28. The van der Waals surface area contributed by atoms with Crippen molar-refractivity contribution in [3.63, 3.8) is 0 Å². The number of benzene rings is 1. The molecular formula is C16H20N4O. The van der Waals surface area contributed by atoms with E-state index in [-0.39, 0.29) is 11.5 Å². The van der Waals surface area contributed by atoms with Crippen LogP contribution in [0.25, 0.3) is 0 Å². The highest BCUT2D eigenvalue weighted by atomic mass is 16.5. The number of rotatable bonds is 2. The number of fused-ring (bicyclic) bond motifs is 1. The van der Waals surface area contributed by atoms with Crippen molar-refractivity contribution in [2.75, 3.05) is 11.9 Å². The molecule has 2 heterocycles. The lowest BCUT2D eigenvalue weighted by Gasteiger charge is -2.27. The van der Waals surface area contributed by atoms with Crippen LogP contribution in [0, 0.1) is 0 Å². The van der Waals surface area contributed by atoms with Gasteiger partial charge in [0.1, 0.15) is 11.5 Å². The fourth-order valence-electron chi connectivity index (χ4n) is 2.39. The number of hydrogen-bond acceptors (Lipinski definition) is 5. The maximum Gasteiger partial charge on any atom is 0.138 e. The summed E-state index contributed by atoms with van der Waals surface area (Å²) in [5.41, 5.74) is 2.69. The van der Waals surface area contributed by atoms with Crippen LogP contribution in [0.4, 0.5) is 5.69 Å². The number of anilines is 1. The standard InChI is InChI=1S/C16H20N4O/c1-16(2,3)20(21)10-11-8-18-15(19-11)13-9-17-14-7-5-4-6-12(13)14/h4-8,10,13,17,21H,9H2,1-3H3. The first-order chi connectivity index (χ1) is 9.95. The fourth-order valence-corrected chi connectivity index (χ4v) is 2.39. The molecule has 0 amide bonds. The summed E-state index contributed by atoms with van der Waals surface area (Å²) in [7, 11) is 0. The molecule has 0 saturated heterocycles. The number of nitrogens with one attached hydrogen (secondary N) is 1. The summed E-state index contributed by atoms with van der Waals surface area (Å²) in [6.07, 6.45) is 3.32. The molecule has 0 fully saturated rings. The van der Waals surface area contributed by atoms with Crippen LogP contribution in [0.15, 0.2) is 46.1 Å². The Kier molecular flexibility index (Phi) is 3.29. The van der Waals surface area contributed by atoms with Gasteiger partial charge < -0.3 is 5.32 Å². The van der Waals surface area contributed by atoms with Crippen molar-refractivity contribution >= 4 is 17.7 Å². The second kappa shape index (κ2) is 5.00. The van der Waals surface area contributed by atoms with Gasteiger partial charge in [0.25, 0.3) is 0 Å². The van der Waals surface area contributed by atoms with Gasteiger partial charge in [0, 0.05) is 12.2 Å². The molecule has 0 spiro atoms. The van der Waals surface area contributed by atoms with Crippen LogP contribution in [0.5, 0.6) is 0 Å². The van der Waals surface area contributed by atoms with E-state index in [9.17, 15) is 5.21 Å². The van der Waals surface area contributed by atoms with Crippen LogP contribution >= 0.6 is 0 Å². The van der Waals surface area contributed by atoms with Gasteiger partial charge in [-0.3, -0.25) is 10.3 Å². The van der Waals surface area contributed by atoms with E-state index in [1.807, 2.05) is 32.9 Å². The highest BCUT2D eigenvalue weighted by Crippen LogP contribution is 2.33. The van der Waals surface area contributed by atoms with Crippen molar-refractivity contribution in [3.8, 4) is 0 Å². The molecule has 21 heavy (non-hydrogen) atoms. The monoisotopic (exact) mass is 284 g/mol. The van der Waals surface area contributed by atoms with Gasteiger partial charge in [0.05, 0.1) is 23.9 Å². The first-order valence-electron chi connectivity index (χ1n) is 7.10. The molecule has 0 bridgehead atoms. The molecule has 1 atom stereocenters. The van der Waals surface area contributed by atoms with Crippen LogP contribution in [0.2, 0.25) is 0 Å². The zero-order chi connectivity index (χ0) is 15.0. The summed E-state index contributed by atoms with van der Waals surface area (Å²) in [5, 5.41) is 14.5. The molecule has 5 heteroatoms. The Balaban J connectivity index is 1.83. The average Bonchev–Trinajstić information content (AvgIpc) is 3.03. The van der Waals surface area contributed by atoms with Gasteiger partial charge in [-0.15, -0.1) is 0 Å². The Morgan fingerprint density at radius 3 is 2.86 bits per heavy atom. The average molecular weight is 284 g/mol. The molecule has 0 saturated carbocycles. The van der Waals surface area contributed by atoms with Crippen LogP contribution in [-0.4, -0.2) is 34.4 Å². The maximum absolute atomic E-state index is 9.97. The molecule has 0 radical (unpaired) electrons. The van der Waals surface area contributed by atoms with Crippen LogP contribution in [0.3, 0.4) is 0 Å². The summed E-state index contributed by atoms with van der Waals surface area (Å²) < 4.78 is 0. The smallest absolute Gasteiger partial charge is 0.138 e. The van der Waals surface area contributed by atoms with Crippen molar-refractivity contribution in [1.29, 1.82) is 0 Å². The Morgan fingerprint density at radius 1 is 1.33 bits per heavy atom. The number of amidine groups is 1. The fraction of sp³-hybridized carbons (Fsp3) is 0.375. The first kappa shape index (κ1) is 13.8. The van der Waals surface area contributed by atoms with E-state index < -0.39 is 0 Å². The van der Waals surface area contributed by atoms with E-state index in [1.54, 1.807) is 12.4 Å². The summed E-state index contributed by atoms with van der Waals surface area (Å²) in [6.45, 7) is 6.60. The lowest BCUT2D eigenvalue weighted by molar-refractivity contribution is -0.110. The largest absolute Gasteiger partial charge is 0.384 e. The molecule has 1 aromatic carbocycles. The predicted molar refractivity (Wildman–Crippen MR) is 85.1 cm³/mol. The summed E-state index contributed by atoms with van der Waals surface area (Å²) in [4.78, 5) is 8.95. The third-order valence-corrected chi connectivity index (χ3v) is 3.66. The number of nitrogens with zero attached hydrogens (tertiary/aromatic N) is 3. The lowest BCUT2D eigenvalue weighted by Crippen LogP contribution is -2.34. The number of allylic oxidation sites excluding steroid dienone is 1. The number of aliphatic imine (C=N–C) groups is 2. The zero-order valence-corrected chi connectivity index (χ0v) is 12.5. The summed E-state index contributed by atoms with van der Waals surface area (Å²) >= 11 is 0. The number of hydrogen-bond donors (Lipinski definition) is 2. The predicted octanol–water partition coefficient (Wildman–Crippen LogP) is 3.01. The van der Waals surface area contributed by atoms with Gasteiger partial charge in [-0.2, -0.15) is 0 Å². The normalized spacial score (nSPS) is 22.2. The highest BCUT2D eigenvalue weighted by molar-refractivity contribution is 6.05. The molecule has 1 aromatic rings. The van der Waals surface area contributed by atoms with E-state index >= 15 is 0 Å². The van der Waals surface area contributed by atoms with Gasteiger partial charge in [0.2, 0.25) is 0 Å². The minimum Gasteiger partial charge on any atom is -0.384 e. The van der Waals surface area contributed by atoms with Crippen molar-refractivity contribution in [2.24, 2.45) is 9.98 Å². The maximum atomic E-state index is 9.97. The zero-order valence-electron chi connectivity index (χ0n) is 12.5. The minimum atomic E-state index is -0.360. The van der Waals surface area contributed by atoms with Crippen molar-refractivity contribution < 1.29 is 5.21 Å². The molecule has 0 aliphatic carbocycles. The SMILES string of the molecule is CC(C)(C)N(O)C=C1C=NC(C2CNc3ccccc32)=N1. The molecule has 5 nitrogen and oxygen atoms in total. The van der Waals surface area contributed by atoms with Crippen molar-refractivity contribution in [1.82, 2.24) is 5.06 Å². The second-order valence-electron chi connectivity index (χ2n) is 6.32. The molecular weight excluding hydrogens is 264 g/mol. The first-order valence-corrected chi connectivity index (χ1v) is 7.10. The second-order valence-corrected chi connectivity index (χ2v) is 6.32. The summed E-state index contributed by atoms with van der Waals surface area (Å²) in [6, 6.07) is 8.23. The van der Waals surface area contributed by atoms with Crippen molar-refractivity contribution in [3.05, 3.63) is 41.7 Å². The van der Waals surface area contributed by atoms with Gasteiger partial charge in [-0.1, -0.05) is 18.2 Å². The number of para-hydroxylation sites is 1. The van der Waals surface area contributed by atoms with Crippen molar-refractivity contribution in [2.45, 2.75) is 32.2 Å². The third-order valence-electron chi connectivity index (χ3n) is 3.66. The summed E-state index contributed by atoms with van der Waals surface area (Å²) in [5.74, 6) is 0.964. The molecule has 2 aliphatic rings. The molecule has 2 aliphatic heterocycles.